The maximum absolute atomic E-state index is 6.71. The average molecular weight is 314 g/mol. The Morgan fingerprint density at radius 2 is 1.29 bits per heavy atom. The topological polar surface area (TPSA) is 27.7 Å². The smallest absolute Gasteiger partial charge is 0.416 e. The first-order valence-corrected chi connectivity index (χ1v) is 11.1. The fraction of sp³-hybridized carbons (Fsp3) is 1.00. The lowest BCUT2D eigenvalue weighted by atomic mass is 9.75. The first kappa shape index (κ1) is 19.2. The van der Waals surface area contributed by atoms with Crippen LogP contribution < -0.4 is 0 Å². The van der Waals surface area contributed by atoms with Crippen LogP contribution in [0.4, 0.5) is 0 Å². The first-order chi connectivity index (χ1) is 9.54. The molecule has 1 fully saturated rings. The van der Waals surface area contributed by atoms with E-state index in [1.54, 1.807) is 0 Å². The molecule has 1 heterocycles. The third kappa shape index (κ3) is 3.93. The van der Waals surface area contributed by atoms with Gasteiger partial charge in [0.15, 0.2) is 8.32 Å². The lowest BCUT2D eigenvalue weighted by Gasteiger charge is -2.36. The van der Waals surface area contributed by atoms with Crippen molar-refractivity contribution in [2.24, 2.45) is 5.92 Å². The van der Waals surface area contributed by atoms with Crippen LogP contribution in [-0.4, -0.2) is 32.6 Å². The highest BCUT2D eigenvalue weighted by Crippen LogP contribution is 2.40. The lowest BCUT2D eigenvalue weighted by Crippen LogP contribution is -2.49. The van der Waals surface area contributed by atoms with Crippen LogP contribution in [0.2, 0.25) is 18.1 Å². The Balaban J connectivity index is 2.95. The second-order valence-corrected chi connectivity index (χ2v) is 12.4. The molecule has 0 radical (unpaired) electrons. The molecule has 1 saturated heterocycles. The number of hydrogen-bond donors (Lipinski definition) is 0. The van der Waals surface area contributed by atoms with Gasteiger partial charge >= 0.3 is 7.12 Å². The van der Waals surface area contributed by atoms with E-state index >= 15 is 0 Å². The van der Waals surface area contributed by atoms with Gasteiger partial charge < -0.3 is 13.7 Å². The molecule has 124 valence electrons. The molecule has 0 aliphatic carbocycles. The molecular formula is C16H35BO3Si. The Hall–Kier alpha value is 0.162. The van der Waals surface area contributed by atoms with Crippen molar-refractivity contribution in [3.8, 4) is 0 Å². The van der Waals surface area contributed by atoms with E-state index in [2.05, 4.69) is 62.3 Å². The van der Waals surface area contributed by atoms with Crippen molar-refractivity contribution in [3.05, 3.63) is 0 Å². The Morgan fingerprint density at radius 3 is 1.57 bits per heavy atom. The SMILES string of the molecule is CC[Si](CC)(CC)OC(B1OC(C)(C)C(C)(C)O1)C(C)C. The van der Waals surface area contributed by atoms with Crippen molar-refractivity contribution in [1.29, 1.82) is 0 Å². The highest BCUT2D eigenvalue weighted by atomic mass is 28.4. The summed E-state index contributed by atoms with van der Waals surface area (Å²) < 4.78 is 19.2. The summed E-state index contributed by atoms with van der Waals surface area (Å²) in [6, 6.07) is 3.49. The molecule has 0 N–H and O–H groups in total. The van der Waals surface area contributed by atoms with Crippen molar-refractivity contribution in [2.45, 2.75) is 97.7 Å². The van der Waals surface area contributed by atoms with Crippen LogP contribution in [0, 0.1) is 5.92 Å². The third-order valence-electron chi connectivity index (χ3n) is 5.52. The summed E-state index contributed by atoms with van der Waals surface area (Å²) in [5.41, 5.74) is -0.577. The van der Waals surface area contributed by atoms with Crippen molar-refractivity contribution < 1.29 is 13.7 Å². The summed E-state index contributed by atoms with van der Waals surface area (Å²) in [5.74, 6) is 0.385. The molecule has 1 unspecified atom stereocenters. The van der Waals surface area contributed by atoms with Gasteiger partial charge in [-0.05, 0) is 51.7 Å². The average Bonchev–Trinajstić information content (AvgIpc) is 2.60. The summed E-state index contributed by atoms with van der Waals surface area (Å²) in [6.45, 7) is 19.6. The lowest BCUT2D eigenvalue weighted by molar-refractivity contribution is 0.00578. The van der Waals surface area contributed by atoms with Gasteiger partial charge in [0.2, 0.25) is 0 Å². The Bertz CT molecular complexity index is 316. The van der Waals surface area contributed by atoms with Crippen LogP contribution in [0.1, 0.15) is 62.3 Å². The predicted octanol–water partition coefficient (Wildman–Crippen LogP) is 4.66. The minimum absolute atomic E-state index is 0.0255. The quantitative estimate of drug-likeness (QED) is 0.639. The fourth-order valence-corrected chi connectivity index (χ4v) is 5.78. The van der Waals surface area contributed by atoms with Crippen LogP contribution in [0.5, 0.6) is 0 Å². The minimum Gasteiger partial charge on any atom is -0.416 e. The summed E-state index contributed by atoms with van der Waals surface area (Å²) in [5, 5.41) is 0. The molecule has 3 nitrogen and oxygen atoms in total. The molecule has 1 aliphatic heterocycles. The first-order valence-electron chi connectivity index (χ1n) is 8.57. The van der Waals surface area contributed by atoms with Gasteiger partial charge in [0.25, 0.3) is 0 Å². The zero-order chi connectivity index (χ0) is 16.5. The van der Waals surface area contributed by atoms with E-state index in [1.165, 1.54) is 0 Å². The van der Waals surface area contributed by atoms with Gasteiger partial charge in [0.1, 0.15) is 0 Å². The Kier molecular flexibility index (Phi) is 6.16. The van der Waals surface area contributed by atoms with E-state index in [-0.39, 0.29) is 24.3 Å². The van der Waals surface area contributed by atoms with Gasteiger partial charge in [-0.1, -0.05) is 34.6 Å². The van der Waals surface area contributed by atoms with Crippen molar-refractivity contribution in [1.82, 2.24) is 0 Å². The van der Waals surface area contributed by atoms with Crippen LogP contribution >= 0.6 is 0 Å². The molecule has 0 aromatic heterocycles. The molecule has 5 heteroatoms. The second kappa shape index (κ2) is 6.73. The van der Waals surface area contributed by atoms with E-state index in [1.807, 2.05) is 0 Å². The molecule has 1 aliphatic rings. The standard InChI is InChI=1S/C16H35BO3Si/c1-10-21(11-2,12-3)18-14(13(4)5)17-19-15(6,7)16(8,9)20-17/h13-14H,10-12H2,1-9H3. The second-order valence-electron chi connectivity index (χ2n) is 7.69. The van der Waals surface area contributed by atoms with Gasteiger partial charge in [-0.3, -0.25) is 0 Å². The van der Waals surface area contributed by atoms with Crippen LogP contribution in [0.3, 0.4) is 0 Å². The molecule has 0 aromatic rings. The van der Waals surface area contributed by atoms with Gasteiger partial charge in [-0.2, -0.15) is 0 Å². The summed E-state index contributed by atoms with van der Waals surface area (Å²) in [7, 11) is -1.92. The van der Waals surface area contributed by atoms with Crippen LogP contribution in [0.15, 0.2) is 0 Å². The third-order valence-corrected chi connectivity index (χ3v) is 10.2. The molecular weight excluding hydrogens is 279 g/mol. The largest absolute Gasteiger partial charge is 0.487 e. The van der Waals surface area contributed by atoms with E-state index in [4.69, 9.17) is 13.7 Å². The molecule has 0 bridgehead atoms. The van der Waals surface area contributed by atoms with E-state index in [9.17, 15) is 0 Å². The van der Waals surface area contributed by atoms with E-state index in [0.717, 1.165) is 18.1 Å². The predicted molar refractivity (Wildman–Crippen MR) is 93.0 cm³/mol. The molecule has 21 heavy (non-hydrogen) atoms. The molecule has 0 spiro atoms. The van der Waals surface area contributed by atoms with Crippen LogP contribution in [0.25, 0.3) is 0 Å². The van der Waals surface area contributed by atoms with Gasteiger partial charge in [-0.15, -0.1) is 0 Å². The number of hydrogen-bond acceptors (Lipinski definition) is 3. The van der Waals surface area contributed by atoms with Crippen molar-refractivity contribution in [3.63, 3.8) is 0 Å². The molecule has 0 aromatic carbocycles. The van der Waals surface area contributed by atoms with Gasteiger partial charge in [0.05, 0.1) is 17.2 Å². The van der Waals surface area contributed by atoms with Gasteiger partial charge in [0, 0.05) is 0 Å². The monoisotopic (exact) mass is 314 g/mol. The van der Waals surface area contributed by atoms with Crippen molar-refractivity contribution in [2.75, 3.05) is 0 Å². The maximum Gasteiger partial charge on any atom is 0.487 e. The highest BCUT2D eigenvalue weighted by Gasteiger charge is 2.55. The molecule has 0 amide bonds. The van der Waals surface area contributed by atoms with Gasteiger partial charge in [-0.25, -0.2) is 0 Å². The highest BCUT2D eigenvalue weighted by molar-refractivity contribution is 6.74. The summed E-state index contributed by atoms with van der Waals surface area (Å²) in [6.07, 6.45) is 0. The molecule has 1 rings (SSSR count). The van der Waals surface area contributed by atoms with E-state index in [0.29, 0.717) is 5.92 Å². The Morgan fingerprint density at radius 1 is 0.905 bits per heavy atom. The zero-order valence-corrected chi connectivity index (χ0v) is 16.6. The number of rotatable bonds is 7. The van der Waals surface area contributed by atoms with Crippen molar-refractivity contribution >= 4 is 15.4 Å². The van der Waals surface area contributed by atoms with E-state index < -0.39 is 8.32 Å². The normalized spacial score (nSPS) is 22.9. The minimum atomic E-state index is -1.66. The fourth-order valence-electron chi connectivity index (χ4n) is 2.82. The summed E-state index contributed by atoms with van der Waals surface area (Å²) in [4.78, 5) is 0. The molecule has 1 atom stereocenters. The van der Waals surface area contributed by atoms with Crippen LogP contribution in [-0.2, 0) is 13.7 Å². The molecule has 0 saturated carbocycles. The Labute approximate surface area is 133 Å². The summed E-state index contributed by atoms with van der Waals surface area (Å²) >= 11 is 0. The maximum atomic E-state index is 6.71. The zero-order valence-electron chi connectivity index (χ0n) is 15.6.